The number of carbonyl (C=O) groups excluding carboxylic acids is 1. The van der Waals surface area contributed by atoms with Crippen LogP contribution in [0.1, 0.15) is 10.4 Å². The van der Waals surface area contributed by atoms with Crippen molar-refractivity contribution in [3.05, 3.63) is 64.7 Å². The second-order valence-electron chi connectivity index (χ2n) is 5.88. The minimum absolute atomic E-state index is 0.165. The highest BCUT2D eigenvalue weighted by Crippen LogP contribution is 2.34. The summed E-state index contributed by atoms with van der Waals surface area (Å²) in [7, 11) is 0. The zero-order chi connectivity index (χ0) is 17.8. The molecule has 7 heteroatoms. The van der Waals surface area contributed by atoms with Crippen molar-refractivity contribution in [3.8, 4) is 11.5 Å². The second kappa shape index (κ2) is 7.53. The van der Waals surface area contributed by atoms with Gasteiger partial charge in [-0.25, -0.2) is 4.79 Å². The van der Waals surface area contributed by atoms with Crippen molar-refractivity contribution < 1.29 is 18.7 Å². The standard InChI is InChI=1S/C19H18N2O4S/c22-19(20-15-3-4-17-18(10-15)25-13-24-17)21(11-14-6-8-23-12-14)7-5-16-2-1-9-26-16/h1-4,6,8-10,12H,5,7,11,13H2,(H,20,22). The number of nitrogens with zero attached hydrogens (tertiary/aromatic N) is 1. The van der Waals surface area contributed by atoms with E-state index in [0.29, 0.717) is 30.3 Å². The van der Waals surface area contributed by atoms with Gasteiger partial charge in [-0.3, -0.25) is 0 Å². The van der Waals surface area contributed by atoms with Crippen molar-refractivity contribution in [1.82, 2.24) is 4.90 Å². The Labute approximate surface area is 154 Å². The van der Waals surface area contributed by atoms with Gasteiger partial charge in [0.05, 0.1) is 19.1 Å². The molecule has 2 amide bonds. The fourth-order valence-corrected chi connectivity index (χ4v) is 3.43. The lowest BCUT2D eigenvalue weighted by molar-refractivity contribution is 0.174. The van der Waals surface area contributed by atoms with Crippen LogP contribution < -0.4 is 14.8 Å². The van der Waals surface area contributed by atoms with Crippen molar-refractivity contribution in [1.29, 1.82) is 0 Å². The first-order valence-electron chi connectivity index (χ1n) is 8.27. The summed E-state index contributed by atoms with van der Waals surface area (Å²) in [5.41, 5.74) is 1.63. The number of furan rings is 1. The molecule has 0 saturated heterocycles. The molecule has 1 N–H and O–H groups in total. The van der Waals surface area contributed by atoms with E-state index in [-0.39, 0.29) is 12.8 Å². The Hall–Kier alpha value is -2.93. The van der Waals surface area contributed by atoms with E-state index in [0.717, 1.165) is 12.0 Å². The van der Waals surface area contributed by atoms with Crippen LogP contribution in [-0.4, -0.2) is 24.3 Å². The van der Waals surface area contributed by atoms with Crippen LogP contribution in [-0.2, 0) is 13.0 Å². The number of hydrogen-bond acceptors (Lipinski definition) is 5. The Bertz CT molecular complexity index is 862. The quantitative estimate of drug-likeness (QED) is 0.701. The van der Waals surface area contributed by atoms with Crippen LogP contribution in [0.5, 0.6) is 11.5 Å². The minimum atomic E-state index is -0.165. The molecule has 0 saturated carbocycles. The average molecular weight is 370 g/mol. The molecule has 0 bridgehead atoms. The van der Waals surface area contributed by atoms with Crippen LogP contribution in [0, 0.1) is 0 Å². The number of fused-ring (bicyclic) bond motifs is 1. The summed E-state index contributed by atoms with van der Waals surface area (Å²) >= 11 is 1.69. The van der Waals surface area contributed by atoms with E-state index in [1.165, 1.54) is 4.88 Å². The summed E-state index contributed by atoms with van der Waals surface area (Å²) in [5.74, 6) is 1.33. The molecule has 4 rings (SSSR count). The lowest BCUT2D eigenvalue weighted by Gasteiger charge is -2.22. The number of anilines is 1. The number of carbonyl (C=O) groups is 1. The number of ether oxygens (including phenoxy) is 2. The van der Waals surface area contributed by atoms with Gasteiger partial charge >= 0.3 is 6.03 Å². The van der Waals surface area contributed by atoms with E-state index in [1.807, 2.05) is 17.5 Å². The molecule has 0 fully saturated rings. The molecule has 0 spiro atoms. The number of rotatable bonds is 6. The third-order valence-corrected chi connectivity index (χ3v) is 5.01. The third kappa shape index (κ3) is 3.83. The molecule has 0 unspecified atom stereocenters. The average Bonchev–Trinajstić information content (AvgIpc) is 3.39. The predicted molar refractivity (Wildman–Crippen MR) is 98.7 cm³/mol. The first kappa shape index (κ1) is 16.5. The zero-order valence-electron chi connectivity index (χ0n) is 14.0. The highest BCUT2D eigenvalue weighted by Gasteiger charge is 2.18. The Balaban J connectivity index is 1.45. The van der Waals surface area contributed by atoms with Gasteiger partial charge in [0.25, 0.3) is 0 Å². The maximum absolute atomic E-state index is 12.8. The molecular weight excluding hydrogens is 352 g/mol. The third-order valence-electron chi connectivity index (χ3n) is 4.07. The summed E-state index contributed by atoms with van der Waals surface area (Å²) in [4.78, 5) is 15.8. The van der Waals surface area contributed by atoms with Crippen LogP contribution in [0.25, 0.3) is 0 Å². The fourth-order valence-electron chi connectivity index (χ4n) is 2.73. The number of hydrogen-bond donors (Lipinski definition) is 1. The highest BCUT2D eigenvalue weighted by molar-refractivity contribution is 7.09. The van der Waals surface area contributed by atoms with E-state index >= 15 is 0 Å². The van der Waals surface area contributed by atoms with Crippen LogP contribution in [0.4, 0.5) is 10.5 Å². The predicted octanol–water partition coefficient (Wildman–Crippen LogP) is 4.35. The number of thiophene rings is 1. The van der Waals surface area contributed by atoms with E-state index in [1.54, 1.807) is 47.0 Å². The summed E-state index contributed by atoms with van der Waals surface area (Å²) in [6.45, 7) is 1.31. The Morgan fingerprint density at radius 3 is 2.92 bits per heavy atom. The van der Waals surface area contributed by atoms with E-state index in [4.69, 9.17) is 13.9 Å². The van der Waals surface area contributed by atoms with Crippen molar-refractivity contribution in [2.75, 3.05) is 18.7 Å². The van der Waals surface area contributed by atoms with Gasteiger partial charge in [0, 0.05) is 28.7 Å². The molecule has 2 aromatic heterocycles. The topological polar surface area (TPSA) is 63.9 Å². The molecule has 6 nitrogen and oxygen atoms in total. The van der Waals surface area contributed by atoms with Crippen LogP contribution in [0.3, 0.4) is 0 Å². The van der Waals surface area contributed by atoms with Gasteiger partial charge in [-0.1, -0.05) is 6.07 Å². The van der Waals surface area contributed by atoms with Gasteiger partial charge in [0.15, 0.2) is 11.5 Å². The molecule has 134 valence electrons. The summed E-state index contributed by atoms with van der Waals surface area (Å²) < 4.78 is 15.8. The van der Waals surface area contributed by atoms with E-state index in [9.17, 15) is 4.79 Å². The van der Waals surface area contributed by atoms with Gasteiger partial charge < -0.3 is 24.1 Å². The molecule has 3 aromatic rings. The Morgan fingerprint density at radius 1 is 1.19 bits per heavy atom. The lowest BCUT2D eigenvalue weighted by atomic mass is 10.2. The first-order valence-corrected chi connectivity index (χ1v) is 9.15. The van der Waals surface area contributed by atoms with Crippen molar-refractivity contribution >= 4 is 23.1 Å². The molecule has 1 aliphatic rings. The largest absolute Gasteiger partial charge is 0.472 e. The van der Waals surface area contributed by atoms with E-state index in [2.05, 4.69) is 11.4 Å². The molecule has 0 aliphatic carbocycles. The van der Waals surface area contributed by atoms with Crippen molar-refractivity contribution in [3.63, 3.8) is 0 Å². The van der Waals surface area contributed by atoms with E-state index < -0.39 is 0 Å². The lowest BCUT2D eigenvalue weighted by Crippen LogP contribution is -2.35. The van der Waals surface area contributed by atoms with Crippen LogP contribution in [0.15, 0.2) is 58.7 Å². The summed E-state index contributed by atoms with van der Waals surface area (Å²) in [5, 5.41) is 4.98. The number of urea groups is 1. The van der Waals surface area contributed by atoms with Crippen molar-refractivity contribution in [2.45, 2.75) is 13.0 Å². The Kier molecular flexibility index (Phi) is 4.79. The van der Waals surface area contributed by atoms with Gasteiger partial charge in [0.2, 0.25) is 6.79 Å². The van der Waals surface area contributed by atoms with Crippen LogP contribution in [0.2, 0.25) is 0 Å². The normalized spacial score (nSPS) is 12.2. The zero-order valence-corrected chi connectivity index (χ0v) is 14.8. The van der Waals surface area contributed by atoms with Gasteiger partial charge in [0.1, 0.15) is 0 Å². The SMILES string of the molecule is O=C(Nc1ccc2c(c1)OCO2)N(CCc1cccs1)Cc1ccoc1. The summed E-state index contributed by atoms with van der Waals surface area (Å²) in [6.07, 6.45) is 4.08. The molecule has 1 aliphatic heterocycles. The maximum Gasteiger partial charge on any atom is 0.322 e. The highest BCUT2D eigenvalue weighted by atomic mass is 32.1. The van der Waals surface area contributed by atoms with Crippen molar-refractivity contribution in [2.24, 2.45) is 0 Å². The molecular formula is C19H18N2O4S. The fraction of sp³-hybridized carbons (Fsp3) is 0.211. The molecule has 0 radical (unpaired) electrons. The smallest absolute Gasteiger partial charge is 0.322 e. The first-order chi connectivity index (χ1) is 12.8. The number of amides is 2. The molecule has 1 aromatic carbocycles. The van der Waals surface area contributed by atoms with Gasteiger partial charge in [-0.2, -0.15) is 0 Å². The Morgan fingerprint density at radius 2 is 2.12 bits per heavy atom. The molecule has 0 atom stereocenters. The molecule has 3 heterocycles. The second-order valence-corrected chi connectivity index (χ2v) is 6.91. The molecule has 26 heavy (non-hydrogen) atoms. The minimum Gasteiger partial charge on any atom is -0.472 e. The number of benzene rings is 1. The monoisotopic (exact) mass is 370 g/mol. The van der Waals surface area contributed by atoms with Gasteiger partial charge in [-0.05, 0) is 36.1 Å². The number of nitrogens with one attached hydrogen (secondary N) is 1. The maximum atomic E-state index is 12.8. The summed E-state index contributed by atoms with van der Waals surface area (Å²) in [6, 6.07) is 11.2. The van der Waals surface area contributed by atoms with Crippen LogP contribution >= 0.6 is 11.3 Å². The van der Waals surface area contributed by atoms with Gasteiger partial charge in [-0.15, -0.1) is 11.3 Å².